The maximum absolute atomic E-state index is 9.91. The Hall–Kier alpha value is -6.18. The van der Waals surface area contributed by atoms with Crippen molar-refractivity contribution >= 4 is 65.0 Å². The molecule has 10 aromatic rings. The Morgan fingerprint density at radius 3 is 1.91 bits per heavy atom. The molecule has 0 amide bonds. The van der Waals surface area contributed by atoms with Crippen LogP contribution in [0.4, 0.5) is 0 Å². The lowest BCUT2D eigenvalue weighted by atomic mass is 9.85. The predicted octanol–water partition coefficient (Wildman–Crippen LogP) is 13.2. The second-order valence-corrected chi connectivity index (χ2v) is 11.0. The van der Waals surface area contributed by atoms with Gasteiger partial charge in [-0.05, 0) is 89.1 Å². The number of rotatable bonds is 3. The van der Waals surface area contributed by atoms with Crippen molar-refractivity contribution in [3.63, 3.8) is 0 Å². The van der Waals surface area contributed by atoms with Crippen molar-refractivity contribution in [3.05, 3.63) is 169 Å². The molecule has 0 spiro atoms. The summed E-state index contributed by atoms with van der Waals surface area (Å²) >= 11 is 0. The van der Waals surface area contributed by atoms with E-state index in [0.717, 1.165) is 10.8 Å². The lowest BCUT2D eigenvalue weighted by molar-refractivity contribution is 0.670. The van der Waals surface area contributed by atoms with E-state index in [2.05, 4.69) is 0 Å². The second-order valence-electron chi connectivity index (χ2n) is 11.0. The predicted molar refractivity (Wildman–Crippen MR) is 200 cm³/mol. The topological polar surface area (TPSA) is 13.1 Å². The molecule has 0 bridgehead atoms. The van der Waals surface area contributed by atoms with Crippen LogP contribution in [-0.2, 0) is 0 Å². The molecule has 1 aromatic heterocycles. The van der Waals surface area contributed by atoms with E-state index in [0.29, 0.717) is 11.1 Å². The van der Waals surface area contributed by atoms with Gasteiger partial charge in [-0.25, -0.2) is 0 Å². The van der Waals surface area contributed by atoms with E-state index in [4.69, 9.17) is 22.2 Å². The van der Waals surface area contributed by atoms with Crippen molar-refractivity contribution in [3.8, 4) is 33.4 Å². The quantitative estimate of drug-likeness (QED) is 0.180. The fourth-order valence-electron chi connectivity index (χ4n) is 6.38. The average Bonchev–Trinajstić information content (AvgIpc) is 3.70. The molecule has 218 valence electrons. The number of hydrogen-bond donors (Lipinski definition) is 0. The Kier molecular flexibility index (Phi) is 2.96. The van der Waals surface area contributed by atoms with E-state index in [1.54, 1.807) is 6.07 Å². The Labute approximate surface area is 298 Å². The minimum atomic E-state index is -0.807. The van der Waals surface area contributed by atoms with Gasteiger partial charge >= 0.3 is 0 Å². The van der Waals surface area contributed by atoms with Gasteiger partial charge in [-0.3, -0.25) is 0 Å². The fourth-order valence-corrected chi connectivity index (χ4v) is 6.38. The van der Waals surface area contributed by atoms with Crippen molar-refractivity contribution in [2.45, 2.75) is 0 Å². The van der Waals surface area contributed by atoms with Gasteiger partial charge in [-0.2, -0.15) is 0 Å². The summed E-state index contributed by atoms with van der Waals surface area (Å²) in [5, 5.41) is 0.104. The standard InChI is InChI=1S/C46H28O/c1-2-13-31-27-32(24-23-29(31)11-1)44-36-16-5-7-18-38(36)45(39-19-8-6-17-37(39)44)33-25-26-43-42(28-33)41-22-10-21-40(46(41)47-43)35-20-9-14-30-12-3-4-15-34(30)35/h1-28H/i3D,4D,5D,6D,7D,8D,9D,10D,12D,14D,15D,18D,19D,20D,21D,22D,25D,26D,28D. The number of hydrogen-bond acceptors (Lipinski definition) is 1. The maximum atomic E-state index is 9.91. The summed E-state index contributed by atoms with van der Waals surface area (Å²) in [5.41, 5.74) is -1.82. The zero-order valence-electron chi connectivity index (χ0n) is 43.1. The first-order valence-corrected chi connectivity index (χ1v) is 14.6. The Bertz CT molecular complexity index is 3850. The summed E-state index contributed by atoms with van der Waals surface area (Å²) in [4.78, 5) is 0. The molecule has 0 aliphatic carbocycles. The molecule has 1 nitrogen and oxygen atoms in total. The molecule has 47 heavy (non-hydrogen) atoms. The molecule has 0 N–H and O–H groups in total. The monoisotopic (exact) mass is 615 g/mol. The summed E-state index contributed by atoms with van der Waals surface area (Å²) in [6.07, 6.45) is 0. The molecule has 0 saturated carbocycles. The summed E-state index contributed by atoms with van der Waals surface area (Å²) in [5.74, 6) is 0. The van der Waals surface area contributed by atoms with Crippen LogP contribution in [0.3, 0.4) is 0 Å². The van der Waals surface area contributed by atoms with Crippen LogP contribution in [0.15, 0.2) is 174 Å². The first-order valence-electron chi connectivity index (χ1n) is 24.1. The molecular formula is C46H28O. The van der Waals surface area contributed by atoms with Crippen molar-refractivity contribution in [2.75, 3.05) is 0 Å². The summed E-state index contributed by atoms with van der Waals surface area (Å²) in [7, 11) is 0. The van der Waals surface area contributed by atoms with Crippen LogP contribution in [0.25, 0.3) is 98.4 Å². The summed E-state index contributed by atoms with van der Waals surface area (Å²) in [6.45, 7) is 0. The third-order valence-electron chi connectivity index (χ3n) is 8.44. The second kappa shape index (κ2) is 10.2. The van der Waals surface area contributed by atoms with Gasteiger partial charge in [0.15, 0.2) is 0 Å². The van der Waals surface area contributed by atoms with Crippen molar-refractivity contribution < 1.29 is 30.5 Å². The Balaban J connectivity index is 1.43. The fraction of sp³-hybridized carbons (Fsp3) is 0. The van der Waals surface area contributed by atoms with Gasteiger partial charge in [0.05, 0.1) is 26.0 Å². The number of fused-ring (bicyclic) bond motifs is 7. The molecule has 0 unspecified atom stereocenters. The third kappa shape index (κ3) is 3.97. The van der Waals surface area contributed by atoms with Crippen LogP contribution in [0.2, 0.25) is 0 Å². The molecule has 1 heterocycles. The van der Waals surface area contributed by atoms with Crippen LogP contribution in [0.5, 0.6) is 0 Å². The van der Waals surface area contributed by atoms with Gasteiger partial charge in [0.2, 0.25) is 0 Å². The first-order chi connectivity index (χ1) is 31.2. The van der Waals surface area contributed by atoms with E-state index in [-0.39, 0.29) is 44.6 Å². The molecule has 0 atom stereocenters. The largest absolute Gasteiger partial charge is 0.455 e. The smallest absolute Gasteiger partial charge is 0.143 e. The van der Waals surface area contributed by atoms with Crippen molar-refractivity contribution in [1.29, 1.82) is 0 Å². The number of benzene rings is 9. The van der Waals surface area contributed by atoms with Gasteiger partial charge in [0.1, 0.15) is 11.2 Å². The maximum Gasteiger partial charge on any atom is 0.143 e. The molecule has 0 saturated heterocycles. The molecule has 10 rings (SSSR count). The van der Waals surface area contributed by atoms with Crippen LogP contribution in [0, 0.1) is 0 Å². The highest BCUT2D eigenvalue weighted by Gasteiger charge is 2.19. The minimum Gasteiger partial charge on any atom is -0.455 e. The highest BCUT2D eigenvalue weighted by atomic mass is 16.3. The SMILES string of the molecule is [2H]c1cc2c(-c3ccc4ccccc4c3)c3cc([2H])c([2H])c([2H])c3c(-c3c([2H])c([2H])c4oc5c(-c6c([2H])c([2H])c([2H])c7c([2H])c([2H])c([2H])c([2H])c67)c([2H])c([2H])c([2H])c5c4c3[2H])c2c([2H])c1[2H]. The summed E-state index contributed by atoms with van der Waals surface area (Å²) in [6, 6.07) is 3.13. The van der Waals surface area contributed by atoms with Crippen LogP contribution in [-0.4, -0.2) is 0 Å². The summed E-state index contributed by atoms with van der Waals surface area (Å²) < 4.78 is 177. The van der Waals surface area contributed by atoms with E-state index >= 15 is 0 Å². The molecule has 1 heteroatoms. The van der Waals surface area contributed by atoms with Crippen LogP contribution in [0.1, 0.15) is 26.0 Å². The van der Waals surface area contributed by atoms with Gasteiger partial charge in [0.25, 0.3) is 0 Å². The molecule has 0 radical (unpaired) electrons. The molecule has 0 aliphatic rings. The number of furan rings is 1. The molecular weight excluding hydrogens is 569 g/mol. The highest BCUT2D eigenvalue weighted by molar-refractivity contribution is 6.22. The zero-order chi connectivity index (χ0) is 47.4. The van der Waals surface area contributed by atoms with E-state index in [9.17, 15) is 8.22 Å². The Morgan fingerprint density at radius 1 is 0.404 bits per heavy atom. The normalized spacial score (nSPS) is 17.5. The first kappa shape index (κ1) is 13.7. The molecule has 0 aliphatic heterocycles. The third-order valence-corrected chi connectivity index (χ3v) is 8.44. The van der Waals surface area contributed by atoms with Crippen molar-refractivity contribution in [2.24, 2.45) is 0 Å². The van der Waals surface area contributed by atoms with E-state index < -0.39 is 147 Å². The van der Waals surface area contributed by atoms with Gasteiger partial charge in [-0.15, -0.1) is 0 Å². The van der Waals surface area contributed by atoms with Gasteiger partial charge in [0, 0.05) is 16.3 Å². The van der Waals surface area contributed by atoms with Crippen molar-refractivity contribution in [1.82, 2.24) is 0 Å². The lowest BCUT2D eigenvalue weighted by Gasteiger charge is -2.18. The van der Waals surface area contributed by atoms with E-state index in [1.165, 1.54) is 12.1 Å². The molecule has 9 aromatic carbocycles. The Morgan fingerprint density at radius 2 is 1.06 bits per heavy atom. The molecule has 0 fully saturated rings. The average molecular weight is 616 g/mol. The van der Waals surface area contributed by atoms with Gasteiger partial charge < -0.3 is 4.42 Å². The minimum absolute atomic E-state index is 0.120. The zero-order valence-corrected chi connectivity index (χ0v) is 24.1. The van der Waals surface area contributed by atoms with Crippen LogP contribution < -0.4 is 0 Å². The van der Waals surface area contributed by atoms with Crippen LogP contribution >= 0.6 is 0 Å². The van der Waals surface area contributed by atoms with E-state index in [1.807, 2.05) is 36.4 Å². The highest BCUT2D eigenvalue weighted by Crippen LogP contribution is 2.46. The lowest BCUT2D eigenvalue weighted by Crippen LogP contribution is -1.91. The number of para-hydroxylation sites is 1. The van der Waals surface area contributed by atoms with Gasteiger partial charge in [-0.1, -0.05) is 151 Å².